The number of amides is 1. The Hall–Kier alpha value is -1.90. The molecule has 0 bridgehead atoms. The highest BCUT2D eigenvalue weighted by Gasteiger charge is 2.34. The van der Waals surface area contributed by atoms with E-state index in [1.165, 1.54) is 6.07 Å². The van der Waals surface area contributed by atoms with E-state index in [-0.39, 0.29) is 30.1 Å². The average molecular weight is 470 g/mol. The molecule has 1 fully saturated rings. The summed E-state index contributed by atoms with van der Waals surface area (Å²) in [5, 5.41) is 2.58. The number of likely N-dealkylation sites (N-methyl/N-ethyl adjacent to an activating group) is 1. The minimum absolute atomic E-state index is 0.0871. The van der Waals surface area contributed by atoms with Crippen LogP contribution in [-0.2, 0) is 23.9 Å². The maximum atomic E-state index is 13.6. The van der Waals surface area contributed by atoms with Gasteiger partial charge in [-0.1, -0.05) is 34.1 Å². The van der Waals surface area contributed by atoms with E-state index in [2.05, 4.69) is 26.1 Å². The summed E-state index contributed by atoms with van der Waals surface area (Å²) in [5.74, 6) is -0.358. The zero-order valence-corrected chi connectivity index (χ0v) is 17.7. The van der Waals surface area contributed by atoms with Crippen LogP contribution in [-0.4, -0.2) is 48.9 Å². The predicted molar refractivity (Wildman–Crippen MR) is 111 cm³/mol. The molecular formula is C21H23BrF3N3O. The second-order valence-electron chi connectivity index (χ2n) is 7.30. The summed E-state index contributed by atoms with van der Waals surface area (Å²) in [6.07, 6.45) is -4.39. The van der Waals surface area contributed by atoms with Crippen molar-refractivity contribution in [1.29, 1.82) is 0 Å². The average Bonchev–Trinajstić information content (AvgIpc) is 2.64. The van der Waals surface area contributed by atoms with Crippen molar-refractivity contribution in [3.63, 3.8) is 0 Å². The first-order valence-corrected chi connectivity index (χ1v) is 10.2. The van der Waals surface area contributed by atoms with Crippen LogP contribution in [0, 0.1) is 0 Å². The van der Waals surface area contributed by atoms with Crippen LogP contribution in [0.2, 0.25) is 0 Å². The number of rotatable bonds is 5. The maximum absolute atomic E-state index is 13.6. The summed E-state index contributed by atoms with van der Waals surface area (Å²) in [6.45, 7) is 3.39. The van der Waals surface area contributed by atoms with Gasteiger partial charge in [0.1, 0.15) is 0 Å². The van der Waals surface area contributed by atoms with E-state index in [9.17, 15) is 18.0 Å². The van der Waals surface area contributed by atoms with Gasteiger partial charge in [-0.05, 0) is 42.4 Å². The number of nitrogens with one attached hydrogen (secondary N) is 1. The van der Waals surface area contributed by atoms with Gasteiger partial charge >= 0.3 is 6.18 Å². The molecule has 4 nitrogen and oxygen atoms in total. The van der Waals surface area contributed by atoms with E-state index in [1.54, 1.807) is 18.2 Å². The fraction of sp³-hybridized carbons (Fsp3) is 0.381. The van der Waals surface area contributed by atoms with Crippen LogP contribution in [0.3, 0.4) is 0 Å². The van der Waals surface area contributed by atoms with Crippen molar-refractivity contribution in [1.82, 2.24) is 9.80 Å². The van der Waals surface area contributed by atoms with Crippen LogP contribution >= 0.6 is 15.9 Å². The quantitative estimate of drug-likeness (QED) is 0.704. The number of anilines is 1. The Kier molecular flexibility index (Phi) is 6.97. The van der Waals surface area contributed by atoms with Crippen molar-refractivity contribution in [2.24, 2.45) is 0 Å². The summed E-state index contributed by atoms with van der Waals surface area (Å²) >= 11 is 3.34. The molecule has 1 amide bonds. The highest BCUT2D eigenvalue weighted by atomic mass is 79.9. The smallest absolute Gasteiger partial charge is 0.326 e. The number of piperazine rings is 1. The van der Waals surface area contributed by atoms with Gasteiger partial charge in [0.05, 0.1) is 12.0 Å². The van der Waals surface area contributed by atoms with Gasteiger partial charge in [-0.15, -0.1) is 0 Å². The molecule has 1 aliphatic heterocycles. The van der Waals surface area contributed by atoms with Crippen molar-refractivity contribution in [2.45, 2.75) is 19.1 Å². The summed E-state index contributed by atoms with van der Waals surface area (Å²) in [4.78, 5) is 16.4. The van der Waals surface area contributed by atoms with Gasteiger partial charge in [-0.3, -0.25) is 9.69 Å². The number of carbonyl (C=O) groups is 1. The van der Waals surface area contributed by atoms with Gasteiger partial charge in [-0.2, -0.15) is 13.2 Å². The van der Waals surface area contributed by atoms with E-state index in [4.69, 9.17) is 0 Å². The van der Waals surface area contributed by atoms with Gasteiger partial charge in [0.2, 0.25) is 5.91 Å². The van der Waals surface area contributed by atoms with Gasteiger partial charge in [0.25, 0.3) is 0 Å². The molecular weight excluding hydrogens is 447 g/mol. The number of carbonyl (C=O) groups excluding carboxylic acids is 1. The summed E-state index contributed by atoms with van der Waals surface area (Å²) < 4.78 is 41.7. The molecule has 156 valence electrons. The molecule has 8 heteroatoms. The van der Waals surface area contributed by atoms with Crippen LogP contribution in [0.1, 0.15) is 16.7 Å². The van der Waals surface area contributed by atoms with E-state index < -0.39 is 11.7 Å². The second kappa shape index (κ2) is 9.28. The van der Waals surface area contributed by atoms with E-state index in [0.717, 1.165) is 42.3 Å². The molecule has 2 aromatic rings. The minimum atomic E-state index is -4.48. The van der Waals surface area contributed by atoms with Crippen LogP contribution in [0.5, 0.6) is 0 Å². The first-order chi connectivity index (χ1) is 13.7. The van der Waals surface area contributed by atoms with E-state index in [1.807, 2.05) is 24.1 Å². The van der Waals surface area contributed by atoms with E-state index in [0.29, 0.717) is 0 Å². The molecule has 3 rings (SSSR count). The second-order valence-corrected chi connectivity index (χ2v) is 8.22. The van der Waals surface area contributed by atoms with Gasteiger partial charge < -0.3 is 10.2 Å². The molecule has 0 atom stereocenters. The lowest BCUT2D eigenvalue weighted by molar-refractivity contribution is -0.138. The maximum Gasteiger partial charge on any atom is 0.416 e. The third-order valence-corrected chi connectivity index (χ3v) is 5.44. The standard InChI is InChI=1S/C21H23BrF3N3O/c1-27-7-9-28(10-8-27)14-16-5-6-18(13-19(16)21(23,24)25)26-20(29)12-15-3-2-4-17(22)11-15/h2-6,11,13H,7-10,12,14H2,1H3,(H,26,29). The fourth-order valence-electron chi connectivity index (χ4n) is 3.34. The largest absolute Gasteiger partial charge is 0.416 e. The summed E-state index contributed by atoms with van der Waals surface area (Å²) in [5.41, 5.74) is 0.461. The van der Waals surface area contributed by atoms with E-state index >= 15 is 0 Å². The predicted octanol–water partition coefficient (Wildman–Crippen LogP) is 4.40. The Morgan fingerprint density at radius 1 is 1.10 bits per heavy atom. The monoisotopic (exact) mass is 469 g/mol. The third-order valence-electron chi connectivity index (χ3n) is 4.94. The SMILES string of the molecule is CN1CCN(Cc2ccc(NC(=O)Cc3cccc(Br)c3)cc2C(F)(F)F)CC1. The number of halogens is 4. The van der Waals surface area contributed by atoms with Gasteiger partial charge in [0.15, 0.2) is 0 Å². The van der Waals surface area contributed by atoms with Gasteiger partial charge in [-0.25, -0.2) is 0 Å². The molecule has 1 heterocycles. The fourth-order valence-corrected chi connectivity index (χ4v) is 3.79. The first kappa shape index (κ1) is 21.8. The highest BCUT2D eigenvalue weighted by Crippen LogP contribution is 2.34. The van der Waals surface area contributed by atoms with Gasteiger partial charge in [0, 0.05) is 42.9 Å². The van der Waals surface area contributed by atoms with Crippen molar-refractivity contribution >= 4 is 27.5 Å². The lowest BCUT2D eigenvalue weighted by Gasteiger charge is -2.33. The third kappa shape index (κ3) is 6.29. The van der Waals surface area contributed by atoms with Crippen LogP contribution in [0.15, 0.2) is 46.9 Å². The summed E-state index contributed by atoms with van der Waals surface area (Å²) in [6, 6.07) is 11.3. The number of alkyl halides is 3. The summed E-state index contributed by atoms with van der Waals surface area (Å²) in [7, 11) is 2.00. The molecule has 1 N–H and O–H groups in total. The van der Waals surface area contributed by atoms with Crippen LogP contribution < -0.4 is 5.32 Å². The topological polar surface area (TPSA) is 35.6 Å². The van der Waals surface area contributed by atoms with Crippen LogP contribution in [0.4, 0.5) is 18.9 Å². The molecule has 29 heavy (non-hydrogen) atoms. The molecule has 1 saturated heterocycles. The molecule has 0 radical (unpaired) electrons. The Bertz CT molecular complexity index is 864. The number of hydrogen-bond donors (Lipinski definition) is 1. The zero-order chi connectivity index (χ0) is 21.0. The lowest BCUT2D eigenvalue weighted by atomic mass is 10.0. The highest BCUT2D eigenvalue weighted by molar-refractivity contribution is 9.10. The lowest BCUT2D eigenvalue weighted by Crippen LogP contribution is -2.44. The van der Waals surface area contributed by atoms with Crippen molar-refractivity contribution in [3.8, 4) is 0 Å². The molecule has 0 aromatic heterocycles. The molecule has 0 saturated carbocycles. The minimum Gasteiger partial charge on any atom is -0.326 e. The van der Waals surface area contributed by atoms with Crippen LogP contribution in [0.25, 0.3) is 0 Å². The number of nitrogens with zero attached hydrogens (tertiary/aromatic N) is 2. The molecule has 2 aromatic carbocycles. The molecule has 1 aliphatic rings. The Morgan fingerprint density at radius 2 is 1.83 bits per heavy atom. The van der Waals surface area contributed by atoms with Crippen molar-refractivity contribution in [3.05, 3.63) is 63.6 Å². The molecule has 0 unspecified atom stereocenters. The molecule has 0 spiro atoms. The normalized spacial score (nSPS) is 16.0. The Labute approximate surface area is 176 Å². The molecule has 0 aliphatic carbocycles. The zero-order valence-electron chi connectivity index (χ0n) is 16.1. The first-order valence-electron chi connectivity index (χ1n) is 9.36. The van der Waals surface area contributed by atoms with Crippen molar-refractivity contribution < 1.29 is 18.0 Å². The number of hydrogen-bond acceptors (Lipinski definition) is 3. The Morgan fingerprint density at radius 3 is 2.48 bits per heavy atom. The Balaban J connectivity index is 1.72. The van der Waals surface area contributed by atoms with Crippen molar-refractivity contribution in [2.75, 3.05) is 38.5 Å². The number of benzene rings is 2.